The fourth-order valence-corrected chi connectivity index (χ4v) is 2.40. The predicted octanol–water partition coefficient (Wildman–Crippen LogP) is 3.40. The minimum atomic E-state index is -0.295. The summed E-state index contributed by atoms with van der Waals surface area (Å²) in [6, 6.07) is 13.3. The fraction of sp³-hybridized carbons (Fsp3) is 0.316. The number of nitrogens with one attached hydrogen (secondary N) is 1. The molecule has 0 aromatic heterocycles. The maximum absolute atomic E-state index is 12.2. The molecule has 2 aromatic carbocycles. The van der Waals surface area contributed by atoms with Gasteiger partial charge in [0.15, 0.2) is 5.75 Å². The quantitative estimate of drug-likeness (QED) is 0.817. The number of para-hydroxylation sites is 3. The SMILES string of the molecule is COC(CN)CC(=O)Nc1ccccc1Oc1c(C)cccc1C. The third-order valence-corrected chi connectivity index (χ3v) is 3.79. The number of rotatable bonds is 7. The molecule has 0 fully saturated rings. The average molecular weight is 328 g/mol. The van der Waals surface area contributed by atoms with E-state index < -0.39 is 0 Å². The Hall–Kier alpha value is -2.37. The number of hydrogen-bond acceptors (Lipinski definition) is 4. The molecular formula is C19H24N2O3. The first kappa shape index (κ1) is 18.0. The van der Waals surface area contributed by atoms with Gasteiger partial charge in [-0.3, -0.25) is 4.79 Å². The van der Waals surface area contributed by atoms with Crippen LogP contribution in [0.1, 0.15) is 17.5 Å². The van der Waals surface area contributed by atoms with Crippen molar-refractivity contribution in [1.29, 1.82) is 0 Å². The number of carbonyl (C=O) groups is 1. The molecule has 5 heteroatoms. The molecule has 0 radical (unpaired) electrons. The van der Waals surface area contributed by atoms with E-state index in [9.17, 15) is 4.79 Å². The topological polar surface area (TPSA) is 73.6 Å². The van der Waals surface area contributed by atoms with Crippen molar-refractivity contribution in [3.63, 3.8) is 0 Å². The van der Waals surface area contributed by atoms with Gasteiger partial charge in [0.05, 0.1) is 18.2 Å². The third kappa shape index (κ3) is 4.57. The molecule has 1 amide bonds. The molecule has 0 saturated carbocycles. The highest BCUT2D eigenvalue weighted by molar-refractivity contribution is 5.92. The van der Waals surface area contributed by atoms with Gasteiger partial charge in [-0.1, -0.05) is 30.3 Å². The van der Waals surface area contributed by atoms with Crippen molar-refractivity contribution < 1.29 is 14.3 Å². The Morgan fingerprint density at radius 1 is 1.12 bits per heavy atom. The summed E-state index contributed by atoms with van der Waals surface area (Å²) in [7, 11) is 1.54. The van der Waals surface area contributed by atoms with Crippen LogP contribution in [-0.2, 0) is 9.53 Å². The summed E-state index contributed by atoms with van der Waals surface area (Å²) in [6.45, 7) is 4.28. The summed E-state index contributed by atoms with van der Waals surface area (Å²) in [4.78, 5) is 12.2. The Kier molecular flexibility index (Phi) is 6.35. The van der Waals surface area contributed by atoms with Gasteiger partial charge in [-0.05, 0) is 37.1 Å². The monoisotopic (exact) mass is 328 g/mol. The van der Waals surface area contributed by atoms with Crippen LogP contribution in [0.2, 0.25) is 0 Å². The highest BCUT2D eigenvalue weighted by Crippen LogP contribution is 2.33. The number of hydrogen-bond donors (Lipinski definition) is 2. The molecule has 5 nitrogen and oxygen atoms in total. The Morgan fingerprint density at radius 3 is 2.42 bits per heavy atom. The molecule has 24 heavy (non-hydrogen) atoms. The van der Waals surface area contributed by atoms with Gasteiger partial charge < -0.3 is 20.5 Å². The van der Waals surface area contributed by atoms with Crippen molar-refractivity contribution in [1.82, 2.24) is 0 Å². The molecule has 0 aliphatic rings. The molecule has 1 unspecified atom stereocenters. The van der Waals surface area contributed by atoms with E-state index >= 15 is 0 Å². The van der Waals surface area contributed by atoms with Crippen molar-refractivity contribution in [2.24, 2.45) is 5.73 Å². The number of carbonyl (C=O) groups excluding carboxylic acids is 1. The van der Waals surface area contributed by atoms with Crippen molar-refractivity contribution >= 4 is 11.6 Å². The van der Waals surface area contributed by atoms with Gasteiger partial charge in [0, 0.05) is 13.7 Å². The number of benzene rings is 2. The minimum absolute atomic E-state index is 0.162. The highest BCUT2D eigenvalue weighted by Gasteiger charge is 2.14. The highest BCUT2D eigenvalue weighted by atomic mass is 16.5. The van der Waals surface area contributed by atoms with Crippen molar-refractivity contribution in [2.45, 2.75) is 26.4 Å². The van der Waals surface area contributed by atoms with Gasteiger partial charge in [0.2, 0.25) is 5.91 Å². The summed E-state index contributed by atoms with van der Waals surface area (Å²) in [6.07, 6.45) is -0.0956. The summed E-state index contributed by atoms with van der Waals surface area (Å²) in [5, 5.41) is 2.87. The maximum atomic E-state index is 12.2. The van der Waals surface area contributed by atoms with E-state index in [2.05, 4.69) is 5.32 Å². The summed E-state index contributed by atoms with van der Waals surface area (Å²) in [5.74, 6) is 1.24. The summed E-state index contributed by atoms with van der Waals surface area (Å²) in [5.41, 5.74) is 8.26. The number of methoxy groups -OCH3 is 1. The van der Waals surface area contributed by atoms with Crippen LogP contribution in [0.4, 0.5) is 5.69 Å². The van der Waals surface area contributed by atoms with Crippen LogP contribution < -0.4 is 15.8 Å². The third-order valence-electron chi connectivity index (χ3n) is 3.79. The number of anilines is 1. The second-order valence-electron chi connectivity index (χ2n) is 5.66. The first-order valence-corrected chi connectivity index (χ1v) is 7.91. The molecule has 2 aromatic rings. The lowest BCUT2D eigenvalue weighted by atomic mass is 10.1. The average Bonchev–Trinajstić information content (AvgIpc) is 2.57. The number of nitrogens with two attached hydrogens (primary N) is 1. The normalized spacial score (nSPS) is 11.8. The van der Waals surface area contributed by atoms with Gasteiger partial charge in [-0.2, -0.15) is 0 Å². The van der Waals surface area contributed by atoms with Gasteiger partial charge in [0.25, 0.3) is 0 Å². The first-order valence-electron chi connectivity index (χ1n) is 7.91. The molecule has 1 atom stereocenters. The van der Waals surface area contributed by atoms with E-state index in [0.717, 1.165) is 16.9 Å². The zero-order valence-electron chi connectivity index (χ0n) is 14.3. The van der Waals surface area contributed by atoms with Crippen molar-refractivity contribution in [2.75, 3.05) is 19.0 Å². The second kappa shape index (κ2) is 8.47. The molecule has 0 saturated heterocycles. The molecule has 0 aliphatic heterocycles. The molecule has 128 valence electrons. The molecule has 0 bridgehead atoms. The molecule has 0 spiro atoms. The molecular weight excluding hydrogens is 304 g/mol. The zero-order chi connectivity index (χ0) is 17.5. The molecule has 0 aliphatic carbocycles. The summed E-state index contributed by atoms with van der Waals surface area (Å²) < 4.78 is 11.2. The van der Waals surface area contributed by atoms with Crippen LogP contribution in [0.25, 0.3) is 0 Å². The lowest BCUT2D eigenvalue weighted by Gasteiger charge is -2.16. The van der Waals surface area contributed by atoms with Crippen molar-refractivity contribution in [3.8, 4) is 11.5 Å². The van der Waals surface area contributed by atoms with Gasteiger partial charge >= 0.3 is 0 Å². The standard InChI is InChI=1S/C19H24N2O3/c1-13-7-6-8-14(2)19(13)24-17-10-5-4-9-16(17)21-18(22)11-15(12-20)23-3/h4-10,15H,11-12,20H2,1-3H3,(H,21,22). The Morgan fingerprint density at radius 2 is 1.79 bits per heavy atom. The maximum Gasteiger partial charge on any atom is 0.227 e. The largest absolute Gasteiger partial charge is 0.455 e. The van der Waals surface area contributed by atoms with Crippen LogP contribution >= 0.6 is 0 Å². The minimum Gasteiger partial charge on any atom is -0.455 e. The lowest BCUT2D eigenvalue weighted by molar-refractivity contribution is -0.118. The Balaban J connectivity index is 2.17. The van der Waals surface area contributed by atoms with E-state index in [1.165, 1.54) is 0 Å². The molecule has 3 N–H and O–H groups in total. The predicted molar refractivity (Wildman–Crippen MR) is 95.5 cm³/mol. The fourth-order valence-electron chi connectivity index (χ4n) is 2.40. The Labute approximate surface area is 142 Å². The number of amides is 1. The molecule has 0 heterocycles. The van der Waals surface area contributed by atoms with Gasteiger partial charge in [0.1, 0.15) is 5.75 Å². The number of ether oxygens (including phenoxy) is 2. The number of aryl methyl sites for hydroxylation is 2. The molecule has 2 rings (SSSR count). The van der Waals surface area contributed by atoms with Gasteiger partial charge in [-0.15, -0.1) is 0 Å². The van der Waals surface area contributed by atoms with Gasteiger partial charge in [-0.25, -0.2) is 0 Å². The van der Waals surface area contributed by atoms with E-state index in [-0.39, 0.29) is 18.4 Å². The van der Waals surface area contributed by atoms with Crippen LogP contribution in [0.15, 0.2) is 42.5 Å². The smallest absolute Gasteiger partial charge is 0.227 e. The second-order valence-corrected chi connectivity index (χ2v) is 5.66. The van der Waals surface area contributed by atoms with Crippen molar-refractivity contribution in [3.05, 3.63) is 53.6 Å². The van der Waals surface area contributed by atoms with Crippen LogP contribution in [0.3, 0.4) is 0 Å². The lowest BCUT2D eigenvalue weighted by Crippen LogP contribution is -2.28. The van der Waals surface area contributed by atoms with E-state index in [4.69, 9.17) is 15.2 Å². The Bertz CT molecular complexity index is 677. The first-order chi connectivity index (χ1) is 11.5. The zero-order valence-corrected chi connectivity index (χ0v) is 14.3. The van der Waals surface area contributed by atoms with E-state index in [0.29, 0.717) is 18.0 Å². The van der Waals surface area contributed by atoms with Crippen LogP contribution in [0.5, 0.6) is 11.5 Å². The van der Waals surface area contributed by atoms with E-state index in [1.54, 1.807) is 7.11 Å². The summed E-state index contributed by atoms with van der Waals surface area (Å²) >= 11 is 0. The van der Waals surface area contributed by atoms with Crippen LogP contribution in [0, 0.1) is 13.8 Å². The van der Waals surface area contributed by atoms with E-state index in [1.807, 2.05) is 56.3 Å². The van der Waals surface area contributed by atoms with Crippen LogP contribution in [-0.4, -0.2) is 25.7 Å².